The summed E-state index contributed by atoms with van der Waals surface area (Å²) in [5.74, 6) is 0.710. The normalized spacial score (nSPS) is 14.3. The minimum Gasteiger partial charge on any atom is -0.323 e. The Morgan fingerprint density at radius 2 is 2.22 bits per heavy atom. The molecular weight excluding hydrogens is 377 g/mol. The zero-order valence-corrected chi connectivity index (χ0v) is 14.9. The average Bonchev–Trinajstić information content (AvgIpc) is 3.09. The maximum atomic E-state index is 12.0. The van der Waals surface area contributed by atoms with E-state index >= 15 is 0 Å². The molecule has 2 aromatic rings. The molecule has 0 aliphatic carbocycles. The lowest BCUT2D eigenvalue weighted by atomic mass is 10.2. The van der Waals surface area contributed by atoms with Gasteiger partial charge >= 0.3 is 0 Å². The van der Waals surface area contributed by atoms with Gasteiger partial charge in [-0.3, -0.25) is 9.59 Å². The summed E-state index contributed by atoms with van der Waals surface area (Å²) in [4.78, 5) is 29.4. The molecule has 1 aromatic carbocycles. The fourth-order valence-corrected chi connectivity index (χ4v) is 4.16. The van der Waals surface area contributed by atoms with Crippen molar-refractivity contribution >= 4 is 63.2 Å². The topological polar surface area (TPSA) is 62.3 Å². The molecule has 120 valence electrons. The van der Waals surface area contributed by atoms with Gasteiger partial charge in [-0.05, 0) is 18.2 Å². The molecule has 2 amide bonds. The quantitative estimate of drug-likeness (QED) is 0.870. The maximum absolute atomic E-state index is 12.0. The Bertz CT molecular complexity index is 766. The maximum Gasteiger partial charge on any atom is 0.245 e. The van der Waals surface area contributed by atoms with Crippen LogP contribution in [-0.4, -0.2) is 39.9 Å². The lowest BCUT2D eigenvalue weighted by Crippen LogP contribution is -2.34. The van der Waals surface area contributed by atoms with E-state index < -0.39 is 0 Å². The summed E-state index contributed by atoms with van der Waals surface area (Å²) in [5.41, 5.74) is 1.42. The summed E-state index contributed by atoms with van der Waals surface area (Å²) in [5, 5.41) is 6.03. The van der Waals surface area contributed by atoms with Crippen LogP contribution in [0, 0.1) is 0 Å². The highest BCUT2D eigenvalue weighted by Crippen LogP contribution is 2.32. The van der Waals surface area contributed by atoms with E-state index in [9.17, 15) is 9.59 Å². The van der Waals surface area contributed by atoms with Gasteiger partial charge in [-0.25, -0.2) is 4.98 Å². The first-order valence-corrected chi connectivity index (χ1v) is 9.38. The number of rotatable bonds is 4. The van der Waals surface area contributed by atoms with Crippen LogP contribution in [0.3, 0.4) is 0 Å². The second-order valence-electron chi connectivity index (χ2n) is 4.78. The number of hydrogen-bond acceptors (Lipinski definition) is 5. The molecule has 2 heterocycles. The van der Waals surface area contributed by atoms with Crippen LogP contribution in [0.25, 0.3) is 11.3 Å². The zero-order chi connectivity index (χ0) is 16.4. The van der Waals surface area contributed by atoms with Crippen molar-refractivity contribution < 1.29 is 9.59 Å². The van der Waals surface area contributed by atoms with E-state index in [-0.39, 0.29) is 18.4 Å². The number of amides is 2. The smallest absolute Gasteiger partial charge is 0.245 e. The number of anilines is 1. The van der Waals surface area contributed by atoms with E-state index in [1.54, 1.807) is 18.2 Å². The third-order valence-electron chi connectivity index (χ3n) is 3.12. The van der Waals surface area contributed by atoms with Crippen molar-refractivity contribution in [3.63, 3.8) is 0 Å². The average molecular weight is 388 g/mol. The molecule has 23 heavy (non-hydrogen) atoms. The van der Waals surface area contributed by atoms with Crippen LogP contribution in [0.4, 0.5) is 5.13 Å². The van der Waals surface area contributed by atoms with E-state index in [1.807, 2.05) is 5.38 Å². The van der Waals surface area contributed by atoms with Crippen LogP contribution in [0.2, 0.25) is 10.0 Å². The Kier molecular flexibility index (Phi) is 5.11. The van der Waals surface area contributed by atoms with Crippen molar-refractivity contribution in [1.29, 1.82) is 0 Å². The lowest BCUT2D eigenvalue weighted by Gasteiger charge is -2.13. The van der Waals surface area contributed by atoms with Gasteiger partial charge in [-0.1, -0.05) is 23.2 Å². The summed E-state index contributed by atoms with van der Waals surface area (Å²) in [6.45, 7) is 0.0441. The zero-order valence-electron chi connectivity index (χ0n) is 11.7. The molecule has 0 bridgehead atoms. The highest BCUT2D eigenvalue weighted by atomic mass is 35.5. The molecule has 3 rings (SSSR count). The van der Waals surface area contributed by atoms with Gasteiger partial charge in [0.2, 0.25) is 11.8 Å². The van der Waals surface area contributed by atoms with Crippen molar-refractivity contribution in [2.24, 2.45) is 0 Å². The van der Waals surface area contributed by atoms with Gasteiger partial charge in [-0.15, -0.1) is 23.1 Å². The van der Waals surface area contributed by atoms with Gasteiger partial charge in [0, 0.05) is 16.0 Å². The van der Waals surface area contributed by atoms with Gasteiger partial charge in [0.1, 0.15) is 6.54 Å². The largest absolute Gasteiger partial charge is 0.323 e. The Morgan fingerprint density at radius 1 is 1.39 bits per heavy atom. The third kappa shape index (κ3) is 3.98. The molecule has 1 aliphatic rings. The summed E-state index contributed by atoms with van der Waals surface area (Å²) < 4.78 is 0. The molecular formula is C14H11Cl2N3O2S2. The molecule has 5 nitrogen and oxygen atoms in total. The summed E-state index contributed by atoms with van der Waals surface area (Å²) in [6, 6.07) is 5.16. The second kappa shape index (κ2) is 7.09. The van der Waals surface area contributed by atoms with Crippen LogP contribution < -0.4 is 5.32 Å². The number of nitrogens with one attached hydrogen (secondary N) is 1. The molecule has 1 N–H and O–H groups in total. The van der Waals surface area contributed by atoms with E-state index in [1.165, 1.54) is 28.0 Å². The van der Waals surface area contributed by atoms with E-state index in [0.29, 0.717) is 32.5 Å². The molecule has 1 saturated heterocycles. The fraction of sp³-hybridized carbons (Fsp3) is 0.214. The first-order chi connectivity index (χ1) is 11.0. The fourth-order valence-electron chi connectivity index (χ4n) is 2.02. The molecule has 1 aliphatic heterocycles. The standard InChI is InChI=1S/C14H11Cl2N3O2S2/c15-8-1-2-9(10(16)3-8)11-5-23-14(17-11)18-12(20)4-19-7-22-6-13(19)21/h1-3,5H,4,6-7H2,(H,17,18,20). The van der Waals surface area contributed by atoms with Crippen molar-refractivity contribution in [3.05, 3.63) is 33.6 Å². The Balaban J connectivity index is 1.67. The van der Waals surface area contributed by atoms with E-state index in [4.69, 9.17) is 23.2 Å². The van der Waals surface area contributed by atoms with Gasteiger partial charge in [0.15, 0.2) is 5.13 Å². The molecule has 1 aromatic heterocycles. The van der Waals surface area contributed by atoms with Crippen molar-refractivity contribution in [3.8, 4) is 11.3 Å². The molecule has 0 atom stereocenters. The van der Waals surface area contributed by atoms with Crippen molar-refractivity contribution in [1.82, 2.24) is 9.88 Å². The van der Waals surface area contributed by atoms with Crippen LogP contribution in [0.1, 0.15) is 0 Å². The SMILES string of the molecule is O=C(CN1CSCC1=O)Nc1nc(-c2ccc(Cl)cc2Cl)cs1. The van der Waals surface area contributed by atoms with Crippen LogP contribution in [0.15, 0.2) is 23.6 Å². The van der Waals surface area contributed by atoms with Gasteiger partial charge in [-0.2, -0.15) is 0 Å². The van der Waals surface area contributed by atoms with E-state index in [0.717, 1.165) is 5.56 Å². The number of thiazole rings is 1. The predicted molar refractivity (Wildman–Crippen MR) is 95.2 cm³/mol. The van der Waals surface area contributed by atoms with Gasteiger partial charge in [0.25, 0.3) is 0 Å². The van der Waals surface area contributed by atoms with Gasteiger partial charge < -0.3 is 10.2 Å². The minimum absolute atomic E-state index is 0.0158. The summed E-state index contributed by atoms with van der Waals surface area (Å²) >= 11 is 14.8. The Hall–Kier alpha value is -1.28. The lowest BCUT2D eigenvalue weighted by molar-refractivity contribution is -0.130. The molecule has 0 spiro atoms. The number of nitrogens with zero attached hydrogens (tertiary/aromatic N) is 2. The van der Waals surface area contributed by atoms with Gasteiger partial charge in [0.05, 0.1) is 22.3 Å². The third-order valence-corrected chi connectivity index (χ3v) is 5.37. The molecule has 0 saturated carbocycles. The number of carbonyl (C=O) groups is 2. The second-order valence-corrected chi connectivity index (χ2v) is 7.44. The number of halogens is 2. The van der Waals surface area contributed by atoms with E-state index in [2.05, 4.69) is 10.3 Å². The molecule has 9 heteroatoms. The van der Waals surface area contributed by atoms with Crippen LogP contribution in [0.5, 0.6) is 0 Å². The van der Waals surface area contributed by atoms with Crippen molar-refractivity contribution in [2.45, 2.75) is 0 Å². The molecule has 0 unspecified atom stereocenters. The monoisotopic (exact) mass is 387 g/mol. The Morgan fingerprint density at radius 3 is 2.91 bits per heavy atom. The first kappa shape index (κ1) is 16.6. The number of carbonyl (C=O) groups excluding carboxylic acids is 2. The first-order valence-electron chi connectivity index (χ1n) is 6.59. The highest BCUT2D eigenvalue weighted by molar-refractivity contribution is 8.00. The number of aromatic nitrogens is 1. The van der Waals surface area contributed by atoms with Crippen LogP contribution in [-0.2, 0) is 9.59 Å². The number of benzene rings is 1. The highest BCUT2D eigenvalue weighted by Gasteiger charge is 2.23. The minimum atomic E-state index is -0.260. The number of hydrogen-bond donors (Lipinski definition) is 1. The Labute approximate surface area is 151 Å². The van der Waals surface area contributed by atoms with Crippen LogP contribution >= 0.6 is 46.3 Å². The predicted octanol–water partition coefficient (Wildman–Crippen LogP) is 3.59. The summed E-state index contributed by atoms with van der Waals surface area (Å²) in [6.07, 6.45) is 0. The van der Waals surface area contributed by atoms with Crippen molar-refractivity contribution in [2.75, 3.05) is 23.5 Å². The molecule has 1 fully saturated rings. The molecule has 0 radical (unpaired) electrons. The number of thioether (sulfide) groups is 1. The summed E-state index contributed by atoms with van der Waals surface area (Å²) in [7, 11) is 0.